The molecular weight excluding hydrogens is 392 g/mol. The number of nitrogens with one attached hydrogen (secondary N) is 1. The standard InChI is InChI=1S/C21H23ClN4O3/c1-3-8-29-20-18(22)9-17(10-19(20)28-2)21(27)24-11-15-4-6-16(7-5-15)12-26-14-23-13-25-26/h4-7,9-10,13-14H,3,8,11-12H2,1-2H3,(H,24,27). The number of rotatable bonds is 9. The van der Waals surface area contributed by atoms with E-state index in [4.69, 9.17) is 21.1 Å². The van der Waals surface area contributed by atoms with Gasteiger partial charge < -0.3 is 14.8 Å². The monoisotopic (exact) mass is 414 g/mol. The van der Waals surface area contributed by atoms with E-state index < -0.39 is 0 Å². The summed E-state index contributed by atoms with van der Waals surface area (Å²) in [6, 6.07) is 11.2. The van der Waals surface area contributed by atoms with Gasteiger partial charge in [-0.3, -0.25) is 4.79 Å². The van der Waals surface area contributed by atoms with Crippen LogP contribution in [0, 0.1) is 0 Å². The third kappa shape index (κ3) is 5.48. The summed E-state index contributed by atoms with van der Waals surface area (Å²) in [7, 11) is 1.52. The van der Waals surface area contributed by atoms with E-state index in [1.807, 2.05) is 31.2 Å². The molecule has 0 unspecified atom stereocenters. The van der Waals surface area contributed by atoms with Crippen molar-refractivity contribution in [3.63, 3.8) is 0 Å². The van der Waals surface area contributed by atoms with Gasteiger partial charge in [0.15, 0.2) is 11.5 Å². The van der Waals surface area contributed by atoms with Gasteiger partial charge in [0, 0.05) is 12.1 Å². The minimum Gasteiger partial charge on any atom is -0.493 e. The van der Waals surface area contributed by atoms with E-state index in [1.54, 1.807) is 23.1 Å². The molecule has 1 heterocycles. The Labute approximate surface area is 174 Å². The second kappa shape index (κ2) is 9.93. The Morgan fingerprint density at radius 3 is 2.62 bits per heavy atom. The number of amides is 1. The number of hydrogen-bond donors (Lipinski definition) is 1. The highest BCUT2D eigenvalue weighted by atomic mass is 35.5. The van der Waals surface area contributed by atoms with Crippen molar-refractivity contribution >= 4 is 17.5 Å². The lowest BCUT2D eigenvalue weighted by atomic mass is 10.1. The highest BCUT2D eigenvalue weighted by Crippen LogP contribution is 2.36. The summed E-state index contributed by atoms with van der Waals surface area (Å²) in [4.78, 5) is 16.5. The molecule has 0 radical (unpaired) electrons. The quantitative estimate of drug-likeness (QED) is 0.577. The SMILES string of the molecule is CCCOc1c(Cl)cc(C(=O)NCc2ccc(Cn3cncn3)cc2)cc1OC. The van der Waals surface area contributed by atoms with E-state index in [0.29, 0.717) is 41.8 Å². The normalized spacial score (nSPS) is 10.6. The molecule has 3 aromatic rings. The van der Waals surface area contributed by atoms with E-state index in [2.05, 4.69) is 15.4 Å². The fourth-order valence-corrected chi connectivity index (χ4v) is 3.01. The van der Waals surface area contributed by atoms with Crippen LogP contribution < -0.4 is 14.8 Å². The number of aromatic nitrogens is 3. The van der Waals surface area contributed by atoms with Gasteiger partial charge in [0.05, 0.1) is 25.3 Å². The van der Waals surface area contributed by atoms with Crippen LogP contribution in [0.3, 0.4) is 0 Å². The molecule has 8 heteroatoms. The van der Waals surface area contributed by atoms with Crippen molar-refractivity contribution in [2.75, 3.05) is 13.7 Å². The first-order chi connectivity index (χ1) is 14.1. The molecule has 152 valence electrons. The van der Waals surface area contributed by atoms with Crippen LogP contribution in [0.25, 0.3) is 0 Å². The molecule has 0 aliphatic heterocycles. The molecule has 0 aliphatic carbocycles. The Hall–Kier alpha value is -3.06. The molecule has 0 saturated carbocycles. The number of carbonyl (C=O) groups excluding carboxylic acids is 1. The number of methoxy groups -OCH3 is 1. The summed E-state index contributed by atoms with van der Waals surface area (Å²) in [6.07, 6.45) is 4.03. The second-order valence-corrected chi connectivity index (χ2v) is 6.84. The Morgan fingerprint density at radius 2 is 1.97 bits per heavy atom. The number of carbonyl (C=O) groups is 1. The van der Waals surface area contributed by atoms with Gasteiger partial charge in [-0.15, -0.1) is 0 Å². The molecule has 0 saturated heterocycles. The van der Waals surface area contributed by atoms with Gasteiger partial charge in [0.25, 0.3) is 5.91 Å². The van der Waals surface area contributed by atoms with Crippen molar-refractivity contribution < 1.29 is 14.3 Å². The zero-order chi connectivity index (χ0) is 20.6. The van der Waals surface area contributed by atoms with Crippen molar-refractivity contribution in [1.82, 2.24) is 20.1 Å². The number of halogens is 1. The number of nitrogens with zero attached hydrogens (tertiary/aromatic N) is 3. The molecule has 1 N–H and O–H groups in total. The van der Waals surface area contributed by atoms with Crippen LogP contribution in [0.15, 0.2) is 49.1 Å². The maximum Gasteiger partial charge on any atom is 0.251 e. The molecule has 7 nitrogen and oxygen atoms in total. The zero-order valence-electron chi connectivity index (χ0n) is 16.4. The van der Waals surface area contributed by atoms with Crippen LogP contribution >= 0.6 is 11.6 Å². The third-order valence-electron chi connectivity index (χ3n) is 4.23. The maximum absolute atomic E-state index is 12.6. The van der Waals surface area contributed by atoms with E-state index in [1.165, 1.54) is 13.4 Å². The fraction of sp³-hybridized carbons (Fsp3) is 0.286. The number of hydrogen-bond acceptors (Lipinski definition) is 5. The lowest BCUT2D eigenvalue weighted by Crippen LogP contribution is -2.23. The van der Waals surface area contributed by atoms with Crippen LogP contribution in [0.1, 0.15) is 34.8 Å². The van der Waals surface area contributed by atoms with Crippen LogP contribution in [0.5, 0.6) is 11.5 Å². The van der Waals surface area contributed by atoms with Gasteiger partial charge in [-0.25, -0.2) is 9.67 Å². The average molecular weight is 415 g/mol. The molecule has 0 spiro atoms. The van der Waals surface area contributed by atoms with Crippen LogP contribution in [0.2, 0.25) is 5.02 Å². The van der Waals surface area contributed by atoms with Gasteiger partial charge >= 0.3 is 0 Å². The van der Waals surface area contributed by atoms with Crippen molar-refractivity contribution in [1.29, 1.82) is 0 Å². The van der Waals surface area contributed by atoms with Crippen LogP contribution in [-0.4, -0.2) is 34.4 Å². The first kappa shape index (κ1) is 20.7. The number of benzene rings is 2. The third-order valence-corrected chi connectivity index (χ3v) is 4.51. The Morgan fingerprint density at radius 1 is 1.21 bits per heavy atom. The molecule has 1 amide bonds. The maximum atomic E-state index is 12.6. The summed E-state index contributed by atoms with van der Waals surface area (Å²) in [5, 5.41) is 7.34. The first-order valence-corrected chi connectivity index (χ1v) is 9.67. The molecule has 29 heavy (non-hydrogen) atoms. The summed E-state index contributed by atoms with van der Waals surface area (Å²) in [6.45, 7) is 3.58. The first-order valence-electron chi connectivity index (χ1n) is 9.29. The molecule has 1 aromatic heterocycles. The molecule has 0 bridgehead atoms. The predicted octanol–water partition coefficient (Wildman–Crippen LogP) is 3.71. The highest BCUT2D eigenvalue weighted by molar-refractivity contribution is 6.32. The minimum absolute atomic E-state index is 0.237. The largest absolute Gasteiger partial charge is 0.493 e. The van der Waals surface area contributed by atoms with Crippen LogP contribution in [0.4, 0.5) is 0 Å². The summed E-state index contributed by atoms with van der Waals surface area (Å²) < 4.78 is 12.7. The average Bonchev–Trinajstić information content (AvgIpc) is 3.24. The van der Waals surface area contributed by atoms with Crippen molar-refractivity contribution in [3.8, 4) is 11.5 Å². The summed E-state index contributed by atoms with van der Waals surface area (Å²) >= 11 is 6.29. The molecule has 0 atom stereocenters. The summed E-state index contributed by atoms with van der Waals surface area (Å²) in [5.74, 6) is 0.656. The highest BCUT2D eigenvalue weighted by Gasteiger charge is 2.15. The number of ether oxygens (including phenoxy) is 2. The molecule has 3 rings (SSSR count). The second-order valence-electron chi connectivity index (χ2n) is 6.43. The van der Waals surface area contributed by atoms with Crippen molar-refractivity contribution in [2.24, 2.45) is 0 Å². The van der Waals surface area contributed by atoms with Gasteiger partial charge in [-0.2, -0.15) is 5.10 Å². The van der Waals surface area contributed by atoms with Crippen molar-refractivity contribution in [2.45, 2.75) is 26.4 Å². The van der Waals surface area contributed by atoms with E-state index in [0.717, 1.165) is 17.5 Å². The van der Waals surface area contributed by atoms with E-state index in [-0.39, 0.29) is 5.91 Å². The van der Waals surface area contributed by atoms with Crippen LogP contribution in [-0.2, 0) is 13.1 Å². The molecule has 0 fully saturated rings. The lowest BCUT2D eigenvalue weighted by molar-refractivity contribution is 0.0950. The Bertz CT molecular complexity index is 943. The zero-order valence-corrected chi connectivity index (χ0v) is 17.1. The molecular formula is C21H23ClN4O3. The summed E-state index contributed by atoms with van der Waals surface area (Å²) in [5.41, 5.74) is 2.50. The molecule has 0 aliphatic rings. The predicted molar refractivity (Wildman–Crippen MR) is 111 cm³/mol. The van der Waals surface area contributed by atoms with Gasteiger partial charge in [0.2, 0.25) is 0 Å². The smallest absolute Gasteiger partial charge is 0.251 e. The topological polar surface area (TPSA) is 78.3 Å². The van der Waals surface area contributed by atoms with Gasteiger partial charge in [-0.1, -0.05) is 42.8 Å². The van der Waals surface area contributed by atoms with Crippen molar-refractivity contribution in [3.05, 3.63) is 70.8 Å². The lowest BCUT2D eigenvalue weighted by Gasteiger charge is -2.14. The molecule has 2 aromatic carbocycles. The Balaban J connectivity index is 1.62. The van der Waals surface area contributed by atoms with Gasteiger partial charge in [0.1, 0.15) is 12.7 Å². The van der Waals surface area contributed by atoms with E-state index in [9.17, 15) is 4.79 Å². The Kier molecular flexibility index (Phi) is 7.08. The van der Waals surface area contributed by atoms with Gasteiger partial charge in [-0.05, 0) is 29.7 Å². The minimum atomic E-state index is -0.237. The fourth-order valence-electron chi connectivity index (χ4n) is 2.74. The van der Waals surface area contributed by atoms with E-state index >= 15 is 0 Å².